The number of hydrogen-bond donors (Lipinski definition) is 0. The molecule has 0 amide bonds. The standard InChI is InChI=1S/C22H22F3N3OS/c1-3-4-13-29-17-10-8-9-16(14-17)28(2)21-26-15-19(22(23,24)25)20(27-21)30-18-11-6-5-7-12-18/h5-12,14-15H,3-4,13H2,1-2H3. The summed E-state index contributed by atoms with van der Waals surface area (Å²) in [4.78, 5) is 10.5. The van der Waals surface area contributed by atoms with Gasteiger partial charge in [-0.05, 0) is 30.7 Å². The van der Waals surface area contributed by atoms with Gasteiger partial charge in [0, 0.05) is 29.9 Å². The van der Waals surface area contributed by atoms with Crippen molar-refractivity contribution < 1.29 is 17.9 Å². The topological polar surface area (TPSA) is 38.2 Å². The lowest BCUT2D eigenvalue weighted by molar-refractivity contribution is -0.140. The highest BCUT2D eigenvalue weighted by Gasteiger charge is 2.35. The molecule has 0 aliphatic rings. The van der Waals surface area contributed by atoms with Crippen molar-refractivity contribution in [1.29, 1.82) is 0 Å². The number of benzene rings is 2. The summed E-state index contributed by atoms with van der Waals surface area (Å²) in [5, 5.41) is -0.138. The van der Waals surface area contributed by atoms with E-state index in [0.29, 0.717) is 17.3 Å². The SMILES string of the molecule is CCCCOc1cccc(N(C)c2ncc(C(F)(F)F)c(Sc3ccccc3)n2)c1. The first-order valence-corrected chi connectivity index (χ1v) is 10.3. The van der Waals surface area contributed by atoms with Gasteiger partial charge in [-0.1, -0.05) is 49.4 Å². The molecule has 3 rings (SSSR count). The second-order valence-electron chi connectivity index (χ2n) is 6.56. The molecule has 0 fully saturated rings. The normalized spacial score (nSPS) is 11.4. The molecule has 0 spiro atoms. The minimum absolute atomic E-state index is 0.138. The zero-order chi connectivity index (χ0) is 21.6. The molecule has 0 N–H and O–H groups in total. The van der Waals surface area contributed by atoms with E-state index in [4.69, 9.17) is 4.74 Å². The molecule has 2 aromatic carbocycles. The van der Waals surface area contributed by atoms with Crippen molar-refractivity contribution in [3.05, 3.63) is 66.4 Å². The van der Waals surface area contributed by atoms with Crippen LogP contribution in [0, 0.1) is 0 Å². The largest absolute Gasteiger partial charge is 0.494 e. The van der Waals surface area contributed by atoms with E-state index >= 15 is 0 Å². The molecule has 8 heteroatoms. The van der Waals surface area contributed by atoms with Crippen LogP contribution in [-0.4, -0.2) is 23.6 Å². The number of alkyl halides is 3. The molecule has 0 saturated carbocycles. The maximum atomic E-state index is 13.5. The predicted molar refractivity (Wildman–Crippen MR) is 113 cm³/mol. The quantitative estimate of drug-likeness (QED) is 0.296. The number of hydrogen-bond acceptors (Lipinski definition) is 5. The van der Waals surface area contributed by atoms with Crippen LogP contribution in [0.15, 0.2) is 70.7 Å². The summed E-state index contributed by atoms with van der Waals surface area (Å²) in [6, 6.07) is 16.2. The zero-order valence-electron chi connectivity index (χ0n) is 16.7. The number of nitrogens with zero attached hydrogens (tertiary/aromatic N) is 3. The summed E-state index contributed by atoms with van der Waals surface area (Å²) in [6.07, 6.45) is -1.73. The Bertz CT molecular complexity index is 967. The number of halogens is 3. The number of anilines is 2. The average molecular weight is 433 g/mol. The second kappa shape index (κ2) is 9.84. The monoisotopic (exact) mass is 433 g/mol. The van der Waals surface area contributed by atoms with Crippen LogP contribution in [0.4, 0.5) is 24.8 Å². The Morgan fingerprint density at radius 3 is 2.53 bits per heavy atom. The maximum absolute atomic E-state index is 13.5. The summed E-state index contributed by atoms with van der Waals surface area (Å²) in [5.74, 6) is 0.866. The van der Waals surface area contributed by atoms with Crippen LogP contribution in [0.2, 0.25) is 0 Å². The zero-order valence-corrected chi connectivity index (χ0v) is 17.5. The first-order valence-electron chi connectivity index (χ1n) is 9.52. The van der Waals surface area contributed by atoms with Crippen molar-refractivity contribution in [3.63, 3.8) is 0 Å². The Hall–Kier alpha value is -2.74. The van der Waals surface area contributed by atoms with E-state index in [2.05, 4.69) is 16.9 Å². The van der Waals surface area contributed by atoms with Gasteiger partial charge < -0.3 is 9.64 Å². The molecule has 0 bridgehead atoms. The van der Waals surface area contributed by atoms with Crippen molar-refractivity contribution in [2.45, 2.75) is 35.9 Å². The van der Waals surface area contributed by atoms with Crippen molar-refractivity contribution in [1.82, 2.24) is 9.97 Å². The highest BCUT2D eigenvalue weighted by atomic mass is 32.2. The molecule has 0 aliphatic heterocycles. The van der Waals surface area contributed by atoms with E-state index in [-0.39, 0.29) is 11.0 Å². The van der Waals surface area contributed by atoms with Crippen LogP contribution in [0.1, 0.15) is 25.3 Å². The molecule has 0 unspecified atom stereocenters. The van der Waals surface area contributed by atoms with Gasteiger partial charge in [-0.2, -0.15) is 13.2 Å². The number of unbranched alkanes of at least 4 members (excludes halogenated alkanes) is 1. The summed E-state index contributed by atoms with van der Waals surface area (Å²) in [7, 11) is 1.71. The molecule has 0 atom stereocenters. The molecule has 4 nitrogen and oxygen atoms in total. The first kappa shape index (κ1) is 22.0. The molecule has 0 aliphatic carbocycles. The van der Waals surface area contributed by atoms with Crippen molar-refractivity contribution in [3.8, 4) is 5.75 Å². The number of ether oxygens (including phenoxy) is 1. The van der Waals surface area contributed by atoms with Gasteiger partial charge in [0.25, 0.3) is 0 Å². The average Bonchev–Trinajstić information content (AvgIpc) is 2.73. The molecular formula is C22H22F3N3OS. The smallest absolute Gasteiger partial charge is 0.420 e. The third-order valence-electron chi connectivity index (χ3n) is 4.28. The molecule has 3 aromatic rings. The minimum atomic E-state index is -4.54. The highest BCUT2D eigenvalue weighted by molar-refractivity contribution is 7.99. The van der Waals surface area contributed by atoms with Crippen molar-refractivity contribution >= 4 is 23.4 Å². The Labute approximate surface area is 178 Å². The Balaban J connectivity index is 1.90. The van der Waals surface area contributed by atoms with Crippen LogP contribution < -0.4 is 9.64 Å². The third-order valence-corrected chi connectivity index (χ3v) is 5.29. The predicted octanol–water partition coefficient (Wildman–Crippen LogP) is 6.59. The van der Waals surface area contributed by atoms with Gasteiger partial charge in [-0.3, -0.25) is 0 Å². The first-order chi connectivity index (χ1) is 14.4. The van der Waals surface area contributed by atoms with Crippen molar-refractivity contribution in [2.75, 3.05) is 18.6 Å². The molecular weight excluding hydrogens is 411 g/mol. The second-order valence-corrected chi connectivity index (χ2v) is 7.62. The fourth-order valence-corrected chi connectivity index (χ4v) is 3.55. The molecule has 1 aromatic heterocycles. The lowest BCUT2D eigenvalue weighted by Gasteiger charge is -2.20. The highest BCUT2D eigenvalue weighted by Crippen LogP contribution is 2.39. The fourth-order valence-electron chi connectivity index (χ4n) is 2.62. The van der Waals surface area contributed by atoms with Gasteiger partial charge in [-0.25, -0.2) is 9.97 Å². The number of aromatic nitrogens is 2. The van der Waals surface area contributed by atoms with E-state index < -0.39 is 11.7 Å². The van der Waals surface area contributed by atoms with Crippen LogP contribution in [-0.2, 0) is 6.18 Å². The molecule has 1 heterocycles. The van der Waals surface area contributed by atoms with Gasteiger partial charge in [0.1, 0.15) is 16.3 Å². The lowest BCUT2D eigenvalue weighted by Crippen LogP contribution is -2.16. The van der Waals surface area contributed by atoms with Gasteiger partial charge in [-0.15, -0.1) is 0 Å². The molecule has 0 radical (unpaired) electrons. The Morgan fingerprint density at radius 2 is 1.83 bits per heavy atom. The molecule has 0 saturated heterocycles. The van der Waals surface area contributed by atoms with Crippen LogP contribution in [0.3, 0.4) is 0 Å². The summed E-state index contributed by atoms with van der Waals surface area (Å²) in [6.45, 7) is 2.69. The lowest BCUT2D eigenvalue weighted by atomic mass is 10.3. The Kier molecular flexibility index (Phi) is 7.20. The Morgan fingerprint density at radius 1 is 1.07 bits per heavy atom. The third kappa shape index (κ3) is 5.66. The molecule has 158 valence electrons. The maximum Gasteiger partial charge on any atom is 0.420 e. The van der Waals surface area contributed by atoms with E-state index in [1.807, 2.05) is 30.3 Å². The van der Waals surface area contributed by atoms with Crippen LogP contribution in [0.5, 0.6) is 5.75 Å². The minimum Gasteiger partial charge on any atom is -0.494 e. The van der Waals surface area contributed by atoms with Gasteiger partial charge in [0.2, 0.25) is 5.95 Å². The summed E-state index contributed by atoms with van der Waals surface area (Å²) >= 11 is 0.962. The summed E-state index contributed by atoms with van der Waals surface area (Å²) < 4.78 is 46.2. The van der Waals surface area contributed by atoms with E-state index in [0.717, 1.165) is 36.5 Å². The van der Waals surface area contributed by atoms with Crippen LogP contribution in [0.25, 0.3) is 0 Å². The number of rotatable bonds is 8. The van der Waals surface area contributed by atoms with E-state index in [9.17, 15) is 13.2 Å². The fraction of sp³-hybridized carbons (Fsp3) is 0.273. The van der Waals surface area contributed by atoms with Gasteiger partial charge >= 0.3 is 6.18 Å². The van der Waals surface area contributed by atoms with E-state index in [1.165, 1.54) is 0 Å². The van der Waals surface area contributed by atoms with Crippen molar-refractivity contribution in [2.24, 2.45) is 0 Å². The van der Waals surface area contributed by atoms with Gasteiger partial charge in [0.05, 0.1) is 6.61 Å². The van der Waals surface area contributed by atoms with E-state index in [1.54, 1.807) is 36.2 Å². The van der Waals surface area contributed by atoms with Crippen LogP contribution >= 0.6 is 11.8 Å². The molecule has 30 heavy (non-hydrogen) atoms. The van der Waals surface area contributed by atoms with Gasteiger partial charge in [0.15, 0.2) is 0 Å². The summed E-state index contributed by atoms with van der Waals surface area (Å²) in [5.41, 5.74) is -0.135.